The maximum Gasteiger partial charge on any atom is 0.0724 e. The molecule has 0 atom stereocenters. The van der Waals surface area contributed by atoms with E-state index in [1.165, 1.54) is 22.3 Å². The molecule has 0 aliphatic rings. The molecule has 0 amide bonds. The van der Waals surface area contributed by atoms with Crippen molar-refractivity contribution >= 4 is 0 Å². The van der Waals surface area contributed by atoms with Crippen molar-refractivity contribution < 1.29 is 4.74 Å². The van der Waals surface area contributed by atoms with Crippen LogP contribution in [0.4, 0.5) is 0 Å². The molecule has 0 spiro atoms. The van der Waals surface area contributed by atoms with Gasteiger partial charge in [0.05, 0.1) is 13.2 Å². The molecule has 0 saturated carbocycles. The number of hydrogen-bond donors (Lipinski definition) is 0. The summed E-state index contributed by atoms with van der Waals surface area (Å²) in [6, 6.07) is 17.0. The Kier molecular flexibility index (Phi) is 5.58. The zero-order valence-electron chi connectivity index (χ0n) is 13.6. The highest BCUT2D eigenvalue weighted by molar-refractivity contribution is 5.39. The summed E-state index contributed by atoms with van der Waals surface area (Å²) >= 11 is 0. The molecule has 0 heterocycles. The smallest absolute Gasteiger partial charge is 0.0724 e. The van der Waals surface area contributed by atoms with Crippen molar-refractivity contribution in [2.24, 2.45) is 0 Å². The standard InChI is InChI=1S/C20H26O/c1-15(2)19-12-8-11-18(20(19)16(3)4)14-21-13-17-9-6-5-7-10-17/h5-12,15-16H,13-14H2,1-4H3. The molecule has 0 aromatic heterocycles. The molecule has 0 radical (unpaired) electrons. The first-order chi connectivity index (χ1) is 10.1. The molecule has 1 nitrogen and oxygen atoms in total. The topological polar surface area (TPSA) is 9.23 Å². The maximum atomic E-state index is 5.93. The zero-order valence-corrected chi connectivity index (χ0v) is 13.6. The lowest BCUT2D eigenvalue weighted by Gasteiger charge is -2.20. The van der Waals surface area contributed by atoms with Gasteiger partial charge >= 0.3 is 0 Å². The van der Waals surface area contributed by atoms with Gasteiger partial charge in [-0.15, -0.1) is 0 Å². The molecule has 1 heteroatoms. The van der Waals surface area contributed by atoms with Gasteiger partial charge in [0.1, 0.15) is 0 Å². The number of rotatable bonds is 6. The van der Waals surface area contributed by atoms with Crippen LogP contribution in [-0.2, 0) is 18.0 Å². The van der Waals surface area contributed by atoms with Gasteiger partial charge in [-0.3, -0.25) is 0 Å². The Morgan fingerprint density at radius 3 is 2.10 bits per heavy atom. The van der Waals surface area contributed by atoms with Gasteiger partial charge in [-0.05, 0) is 34.1 Å². The van der Waals surface area contributed by atoms with Crippen LogP contribution in [0.3, 0.4) is 0 Å². The second-order valence-electron chi connectivity index (χ2n) is 6.21. The molecular formula is C20H26O. The van der Waals surface area contributed by atoms with Gasteiger partial charge < -0.3 is 4.74 Å². The minimum absolute atomic E-state index is 0.527. The molecule has 0 bridgehead atoms. The van der Waals surface area contributed by atoms with E-state index in [-0.39, 0.29) is 0 Å². The minimum atomic E-state index is 0.527. The number of ether oxygens (including phenoxy) is 1. The Hall–Kier alpha value is -1.60. The molecule has 112 valence electrons. The summed E-state index contributed by atoms with van der Waals surface area (Å²) in [5, 5.41) is 0. The zero-order chi connectivity index (χ0) is 15.2. The third kappa shape index (κ3) is 4.18. The van der Waals surface area contributed by atoms with Crippen molar-refractivity contribution in [2.45, 2.75) is 52.7 Å². The van der Waals surface area contributed by atoms with Gasteiger partial charge in [0, 0.05) is 0 Å². The van der Waals surface area contributed by atoms with Crippen LogP contribution >= 0.6 is 0 Å². The van der Waals surface area contributed by atoms with Gasteiger partial charge in [0.2, 0.25) is 0 Å². The van der Waals surface area contributed by atoms with Crippen molar-refractivity contribution in [3.63, 3.8) is 0 Å². The van der Waals surface area contributed by atoms with Crippen LogP contribution in [0.15, 0.2) is 48.5 Å². The molecular weight excluding hydrogens is 256 g/mol. The van der Waals surface area contributed by atoms with E-state index in [2.05, 4.69) is 70.2 Å². The van der Waals surface area contributed by atoms with E-state index in [1.54, 1.807) is 0 Å². The molecule has 0 saturated heterocycles. The fraction of sp³-hybridized carbons (Fsp3) is 0.400. The number of benzene rings is 2. The summed E-state index contributed by atoms with van der Waals surface area (Å²) in [4.78, 5) is 0. The van der Waals surface area contributed by atoms with Crippen molar-refractivity contribution in [3.8, 4) is 0 Å². The Labute approximate surface area is 129 Å². The van der Waals surface area contributed by atoms with Crippen LogP contribution in [0, 0.1) is 0 Å². The third-order valence-corrected chi connectivity index (χ3v) is 3.80. The summed E-state index contributed by atoms with van der Waals surface area (Å²) in [6.07, 6.45) is 0. The molecule has 2 aromatic rings. The number of hydrogen-bond acceptors (Lipinski definition) is 1. The highest BCUT2D eigenvalue weighted by atomic mass is 16.5. The van der Waals surface area contributed by atoms with Crippen LogP contribution in [0.2, 0.25) is 0 Å². The molecule has 0 unspecified atom stereocenters. The van der Waals surface area contributed by atoms with Gasteiger partial charge in [-0.1, -0.05) is 76.2 Å². The van der Waals surface area contributed by atoms with E-state index in [0.29, 0.717) is 25.0 Å². The predicted octanol–water partition coefficient (Wildman–Crippen LogP) is 5.65. The maximum absolute atomic E-state index is 5.93. The lowest BCUT2D eigenvalue weighted by Crippen LogP contribution is -2.05. The first-order valence-corrected chi connectivity index (χ1v) is 7.83. The lowest BCUT2D eigenvalue weighted by atomic mass is 9.87. The van der Waals surface area contributed by atoms with Gasteiger partial charge in [0.15, 0.2) is 0 Å². The van der Waals surface area contributed by atoms with E-state index in [0.717, 1.165) is 0 Å². The van der Waals surface area contributed by atoms with E-state index in [4.69, 9.17) is 4.74 Å². The highest BCUT2D eigenvalue weighted by Crippen LogP contribution is 2.29. The van der Waals surface area contributed by atoms with Crippen molar-refractivity contribution in [1.82, 2.24) is 0 Å². The van der Waals surface area contributed by atoms with E-state index >= 15 is 0 Å². The summed E-state index contributed by atoms with van der Waals surface area (Å²) in [5.74, 6) is 1.08. The normalized spacial score (nSPS) is 11.3. The first kappa shape index (κ1) is 15.8. The minimum Gasteiger partial charge on any atom is -0.372 e. The van der Waals surface area contributed by atoms with Crippen LogP contribution in [0.25, 0.3) is 0 Å². The fourth-order valence-electron chi connectivity index (χ4n) is 2.82. The third-order valence-electron chi connectivity index (χ3n) is 3.80. The second kappa shape index (κ2) is 7.42. The van der Waals surface area contributed by atoms with E-state index < -0.39 is 0 Å². The summed E-state index contributed by atoms with van der Waals surface area (Å²) < 4.78 is 5.93. The Bertz CT molecular complexity index is 555. The molecule has 0 aliphatic heterocycles. The molecule has 0 fully saturated rings. The van der Waals surface area contributed by atoms with Crippen LogP contribution in [0.1, 0.15) is 61.8 Å². The second-order valence-corrected chi connectivity index (χ2v) is 6.21. The van der Waals surface area contributed by atoms with E-state index in [1.807, 2.05) is 6.07 Å². The van der Waals surface area contributed by atoms with Gasteiger partial charge in [-0.25, -0.2) is 0 Å². The highest BCUT2D eigenvalue weighted by Gasteiger charge is 2.14. The molecule has 0 N–H and O–H groups in total. The lowest BCUT2D eigenvalue weighted by molar-refractivity contribution is 0.106. The Morgan fingerprint density at radius 2 is 1.48 bits per heavy atom. The van der Waals surface area contributed by atoms with Crippen LogP contribution < -0.4 is 0 Å². The predicted molar refractivity (Wildman–Crippen MR) is 89.6 cm³/mol. The first-order valence-electron chi connectivity index (χ1n) is 7.83. The molecule has 2 aromatic carbocycles. The quantitative estimate of drug-likeness (QED) is 0.665. The van der Waals surface area contributed by atoms with Crippen molar-refractivity contribution in [2.75, 3.05) is 0 Å². The van der Waals surface area contributed by atoms with Crippen molar-refractivity contribution in [1.29, 1.82) is 0 Å². The molecule has 0 aliphatic carbocycles. The fourth-order valence-corrected chi connectivity index (χ4v) is 2.82. The Morgan fingerprint density at radius 1 is 0.762 bits per heavy atom. The summed E-state index contributed by atoms with van der Waals surface area (Å²) in [7, 11) is 0. The van der Waals surface area contributed by atoms with Gasteiger partial charge in [0.25, 0.3) is 0 Å². The molecule has 21 heavy (non-hydrogen) atoms. The summed E-state index contributed by atoms with van der Waals surface area (Å²) in [5.41, 5.74) is 5.46. The van der Waals surface area contributed by atoms with Crippen LogP contribution in [0.5, 0.6) is 0 Å². The summed E-state index contributed by atoms with van der Waals surface area (Å²) in [6.45, 7) is 10.4. The monoisotopic (exact) mass is 282 g/mol. The Balaban J connectivity index is 2.11. The average molecular weight is 282 g/mol. The van der Waals surface area contributed by atoms with Crippen LogP contribution in [-0.4, -0.2) is 0 Å². The van der Waals surface area contributed by atoms with Crippen molar-refractivity contribution in [3.05, 3.63) is 70.8 Å². The van der Waals surface area contributed by atoms with Gasteiger partial charge in [-0.2, -0.15) is 0 Å². The SMILES string of the molecule is CC(C)c1cccc(COCc2ccccc2)c1C(C)C. The molecule has 2 rings (SSSR count). The average Bonchev–Trinajstić information content (AvgIpc) is 2.47. The largest absolute Gasteiger partial charge is 0.372 e. The van der Waals surface area contributed by atoms with E-state index in [9.17, 15) is 0 Å².